The van der Waals surface area contributed by atoms with Gasteiger partial charge in [0.1, 0.15) is 11.6 Å². The van der Waals surface area contributed by atoms with E-state index in [-0.39, 0.29) is 17.6 Å². The molecule has 1 aromatic heterocycles. The highest BCUT2D eigenvalue weighted by Crippen LogP contribution is 2.27. The number of halogens is 4. The fraction of sp³-hybridized carbons (Fsp3) is 0.250. The number of alkyl halides is 3. The summed E-state index contributed by atoms with van der Waals surface area (Å²) >= 11 is 0. The first kappa shape index (κ1) is 27.8. The maximum absolute atomic E-state index is 13.5. The molecule has 5 rings (SSSR count). The molecule has 1 aliphatic rings. The molecule has 1 saturated heterocycles. The van der Waals surface area contributed by atoms with Crippen LogP contribution < -0.4 is 5.73 Å². The lowest BCUT2D eigenvalue weighted by Crippen LogP contribution is -2.38. The number of primary amides is 1. The van der Waals surface area contributed by atoms with Gasteiger partial charge in [-0.1, -0.05) is 42.5 Å². The first-order chi connectivity index (χ1) is 18.5. The Kier molecular flexibility index (Phi) is 8.29. The van der Waals surface area contributed by atoms with Gasteiger partial charge in [-0.05, 0) is 66.9 Å². The highest BCUT2D eigenvalue weighted by molar-refractivity contribution is 5.80. The van der Waals surface area contributed by atoms with Crippen LogP contribution in [-0.2, 0) is 16.1 Å². The highest BCUT2D eigenvalue weighted by Gasteiger charge is 2.38. The van der Waals surface area contributed by atoms with Crippen LogP contribution in [0.1, 0.15) is 18.4 Å². The summed E-state index contributed by atoms with van der Waals surface area (Å²) in [4.78, 5) is 30.4. The van der Waals surface area contributed by atoms with Crippen LogP contribution in [0.25, 0.3) is 33.5 Å². The highest BCUT2D eigenvalue weighted by atomic mass is 19.4. The van der Waals surface area contributed by atoms with Crippen LogP contribution in [0.2, 0.25) is 0 Å². The number of nitrogens with two attached hydrogens (primary N) is 1. The van der Waals surface area contributed by atoms with E-state index in [2.05, 4.69) is 51.3 Å². The van der Waals surface area contributed by atoms with Crippen molar-refractivity contribution in [3.63, 3.8) is 0 Å². The van der Waals surface area contributed by atoms with Crippen LogP contribution in [0.3, 0.4) is 0 Å². The van der Waals surface area contributed by atoms with Gasteiger partial charge in [0.25, 0.3) is 0 Å². The molecule has 0 aliphatic carbocycles. The number of imidazole rings is 1. The van der Waals surface area contributed by atoms with Gasteiger partial charge in [0.15, 0.2) is 0 Å². The molecule has 2 heterocycles. The summed E-state index contributed by atoms with van der Waals surface area (Å²) in [5, 5.41) is 7.12. The first-order valence-corrected chi connectivity index (χ1v) is 12.2. The molecule has 1 fully saturated rings. The largest absolute Gasteiger partial charge is 0.490 e. The van der Waals surface area contributed by atoms with Gasteiger partial charge in [-0.15, -0.1) is 0 Å². The minimum Gasteiger partial charge on any atom is -0.475 e. The quantitative estimate of drug-likeness (QED) is 0.294. The third-order valence-electron chi connectivity index (χ3n) is 6.51. The summed E-state index contributed by atoms with van der Waals surface area (Å²) in [5.41, 5.74) is 11.3. The fourth-order valence-corrected chi connectivity index (χ4v) is 4.40. The van der Waals surface area contributed by atoms with Crippen molar-refractivity contribution in [2.75, 3.05) is 13.1 Å². The second kappa shape index (κ2) is 11.6. The molecule has 3 aromatic carbocycles. The van der Waals surface area contributed by atoms with Crippen molar-refractivity contribution in [3.05, 3.63) is 78.1 Å². The zero-order valence-electron chi connectivity index (χ0n) is 20.7. The number of nitrogens with one attached hydrogen (secondary N) is 1. The number of nitrogens with zero attached hydrogens (tertiary/aromatic N) is 2. The average molecular weight is 543 g/mol. The monoisotopic (exact) mass is 542 g/mol. The molecule has 4 N–H and O–H groups in total. The maximum Gasteiger partial charge on any atom is 0.490 e. The number of aromatic amines is 1. The van der Waals surface area contributed by atoms with Crippen LogP contribution >= 0.6 is 0 Å². The number of benzene rings is 3. The van der Waals surface area contributed by atoms with Crippen LogP contribution in [0.5, 0.6) is 0 Å². The third-order valence-corrected chi connectivity index (χ3v) is 6.51. The van der Waals surface area contributed by atoms with Crippen molar-refractivity contribution in [2.24, 2.45) is 11.7 Å². The van der Waals surface area contributed by atoms with Gasteiger partial charge in [0.2, 0.25) is 5.91 Å². The number of hydrogen-bond donors (Lipinski definition) is 3. The van der Waals surface area contributed by atoms with Crippen LogP contribution in [0.15, 0.2) is 66.7 Å². The number of rotatable bonds is 5. The van der Waals surface area contributed by atoms with Crippen LogP contribution in [-0.4, -0.2) is 51.1 Å². The first-order valence-electron chi connectivity index (χ1n) is 12.2. The van der Waals surface area contributed by atoms with E-state index < -0.39 is 12.1 Å². The van der Waals surface area contributed by atoms with Crippen molar-refractivity contribution < 1.29 is 32.3 Å². The predicted octanol–water partition coefficient (Wildman–Crippen LogP) is 5.37. The van der Waals surface area contributed by atoms with Gasteiger partial charge in [0.05, 0.1) is 11.0 Å². The van der Waals surface area contributed by atoms with Crippen LogP contribution in [0, 0.1) is 11.7 Å². The third kappa shape index (κ3) is 7.20. The smallest absolute Gasteiger partial charge is 0.475 e. The van der Waals surface area contributed by atoms with Gasteiger partial charge < -0.3 is 15.8 Å². The SMILES string of the molecule is NC(=O)C1CCN(Cc2ccc(-c3cccc(-c4nc5ccc(F)cc5[nH]4)c3)cc2)CC1.O=C(O)C(F)(F)F. The lowest BCUT2D eigenvalue weighted by atomic mass is 9.96. The summed E-state index contributed by atoms with van der Waals surface area (Å²) in [6.45, 7) is 2.68. The number of fused-ring (bicyclic) bond motifs is 1. The van der Waals surface area contributed by atoms with E-state index in [9.17, 15) is 22.4 Å². The van der Waals surface area contributed by atoms with E-state index in [1.165, 1.54) is 17.7 Å². The number of piperidine rings is 1. The topological polar surface area (TPSA) is 112 Å². The Morgan fingerprint density at radius 1 is 0.974 bits per heavy atom. The second-order valence-electron chi connectivity index (χ2n) is 9.28. The van der Waals surface area contributed by atoms with E-state index in [4.69, 9.17) is 15.6 Å². The van der Waals surface area contributed by atoms with Gasteiger partial charge in [-0.3, -0.25) is 9.69 Å². The standard InChI is InChI=1S/C26H25FN4O.C2HF3O2/c27-22-8-9-23-24(15-22)30-26(29-23)21-3-1-2-20(14-21)18-6-4-17(5-7-18)16-31-12-10-19(11-13-31)25(28)32;3-2(4,5)1(6)7/h1-9,14-15,19H,10-13,16H2,(H2,28,32)(H,29,30);(H,6,7). The number of carboxylic acid groups (broad SMARTS) is 1. The number of H-pyrrole nitrogens is 1. The number of carbonyl (C=O) groups is 2. The molecule has 0 unspecified atom stereocenters. The molecule has 39 heavy (non-hydrogen) atoms. The Morgan fingerprint density at radius 2 is 1.62 bits per heavy atom. The number of carboxylic acids is 1. The molecule has 204 valence electrons. The summed E-state index contributed by atoms with van der Waals surface area (Å²) < 4.78 is 45.2. The number of likely N-dealkylation sites (tertiary alicyclic amines) is 1. The summed E-state index contributed by atoms with van der Waals surface area (Å²) in [6.07, 6.45) is -3.40. The van der Waals surface area contributed by atoms with Crippen LogP contribution in [0.4, 0.5) is 17.6 Å². The number of hydrogen-bond acceptors (Lipinski definition) is 4. The van der Waals surface area contributed by atoms with Crippen molar-refractivity contribution in [2.45, 2.75) is 25.6 Å². The molecule has 1 amide bonds. The van der Waals surface area contributed by atoms with Gasteiger partial charge in [-0.2, -0.15) is 13.2 Å². The van der Waals surface area contributed by atoms with Gasteiger partial charge in [-0.25, -0.2) is 14.2 Å². The Morgan fingerprint density at radius 3 is 2.23 bits per heavy atom. The number of carbonyl (C=O) groups excluding carboxylic acids is 1. The van der Waals surface area contributed by atoms with Gasteiger partial charge >= 0.3 is 12.1 Å². The molecule has 0 spiro atoms. The van der Waals surface area contributed by atoms with Crippen molar-refractivity contribution in [1.82, 2.24) is 14.9 Å². The maximum atomic E-state index is 13.5. The van der Waals surface area contributed by atoms with Gasteiger partial charge in [0, 0.05) is 18.0 Å². The Balaban J connectivity index is 0.000000448. The lowest BCUT2D eigenvalue weighted by molar-refractivity contribution is -0.192. The van der Waals surface area contributed by atoms with E-state index in [1.807, 2.05) is 12.1 Å². The van der Waals surface area contributed by atoms with E-state index in [0.29, 0.717) is 5.52 Å². The van der Waals surface area contributed by atoms with E-state index in [1.54, 1.807) is 6.07 Å². The molecular formula is C28H26F4N4O3. The van der Waals surface area contributed by atoms with Crippen molar-refractivity contribution in [3.8, 4) is 22.5 Å². The summed E-state index contributed by atoms with van der Waals surface area (Å²) in [5.74, 6) is -2.47. The van der Waals surface area contributed by atoms with E-state index >= 15 is 0 Å². The van der Waals surface area contributed by atoms with E-state index in [0.717, 1.165) is 60.5 Å². The lowest BCUT2D eigenvalue weighted by Gasteiger charge is -2.30. The minimum absolute atomic E-state index is 0.0201. The molecule has 0 radical (unpaired) electrons. The zero-order valence-corrected chi connectivity index (χ0v) is 20.7. The molecule has 0 atom stereocenters. The predicted molar refractivity (Wildman–Crippen MR) is 138 cm³/mol. The average Bonchev–Trinajstić information content (AvgIpc) is 3.33. The molecule has 0 bridgehead atoms. The summed E-state index contributed by atoms with van der Waals surface area (Å²) in [6, 6.07) is 21.3. The molecule has 7 nitrogen and oxygen atoms in total. The number of aromatic nitrogens is 2. The minimum atomic E-state index is -5.08. The molecular weight excluding hydrogens is 516 g/mol. The second-order valence-corrected chi connectivity index (χ2v) is 9.28. The zero-order chi connectivity index (χ0) is 28.2. The molecule has 0 saturated carbocycles. The number of aliphatic carboxylic acids is 1. The molecule has 1 aliphatic heterocycles. The molecule has 4 aromatic rings. The normalized spacial score (nSPS) is 14.6. The Labute approximate surface area is 221 Å². The Bertz CT molecular complexity index is 1460. The van der Waals surface area contributed by atoms with Crippen molar-refractivity contribution >= 4 is 22.9 Å². The summed E-state index contributed by atoms with van der Waals surface area (Å²) in [7, 11) is 0. The number of amides is 1. The fourth-order valence-electron chi connectivity index (χ4n) is 4.40. The van der Waals surface area contributed by atoms with Crippen molar-refractivity contribution in [1.29, 1.82) is 0 Å². The Hall–Kier alpha value is -4.25. The molecule has 11 heteroatoms.